The lowest BCUT2D eigenvalue weighted by Crippen LogP contribution is -1.96. The van der Waals surface area contributed by atoms with Crippen LogP contribution in [0.2, 0.25) is 0 Å². The normalized spacial score (nSPS) is 12.2. The van der Waals surface area contributed by atoms with Crippen LogP contribution in [0.25, 0.3) is 43.1 Å². The lowest BCUT2D eigenvalue weighted by Gasteiger charge is -2.21. The van der Waals surface area contributed by atoms with Crippen molar-refractivity contribution in [2.45, 2.75) is 0 Å². The maximum atomic E-state index is 11.4. The van der Waals surface area contributed by atoms with Gasteiger partial charge >= 0.3 is 0 Å². The minimum absolute atomic E-state index is 0.812. The Labute approximate surface area is 115 Å². The molecule has 5 rings (SSSR count). The molecule has 0 N–H and O–H groups in total. The van der Waals surface area contributed by atoms with Crippen molar-refractivity contribution in [2.24, 2.45) is 0 Å². The van der Waals surface area contributed by atoms with E-state index in [0.29, 0.717) is 0 Å². The second-order valence-corrected chi connectivity index (χ2v) is 5.35. The van der Waals surface area contributed by atoms with Crippen molar-refractivity contribution in [3.05, 3.63) is 60.2 Å². The van der Waals surface area contributed by atoms with Crippen LogP contribution in [0.5, 0.6) is 0 Å². The summed E-state index contributed by atoms with van der Waals surface area (Å²) in [6.45, 7) is 0. The molecular weight excluding hydrogens is 244 g/mol. The summed E-state index contributed by atoms with van der Waals surface area (Å²) in [5, 5.41) is 9.98. The van der Waals surface area contributed by atoms with E-state index in [0.717, 1.165) is 17.2 Å². The van der Waals surface area contributed by atoms with Gasteiger partial charge in [0.1, 0.15) is 0 Å². The number of carbonyl (C=O) groups excluding carboxylic acids is 1. The van der Waals surface area contributed by atoms with E-state index >= 15 is 0 Å². The van der Waals surface area contributed by atoms with Crippen molar-refractivity contribution in [3.63, 3.8) is 0 Å². The van der Waals surface area contributed by atoms with E-state index in [-0.39, 0.29) is 0 Å². The van der Waals surface area contributed by atoms with Crippen LogP contribution in [0.3, 0.4) is 0 Å². The Balaban J connectivity index is 2.12. The zero-order chi connectivity index (χ0) is 13.3. The molecule has 0 saturated heterocycles. The first-order valence-corrected chi connectivity index (χ1v) is 6.76. The molecule has 1 heteroatoms. The van der Waals surface area contributed by atoms with Crippen LogP contribution in [0.1, 0.15) is 10.4 Å². The second-order valence-electron chi connectivity index (χ2n) is 5.35. The standard InChI is InChI=1S/C19H10O/c20-10-11-9-16-12-5-1-2-6-13(12)18(16)19-15-8-4-3-7-14(15)17(11)19/h1-10H. The summed E-state index contributed by atoms with van der Waals surface area (Å²) in [5.74, 6) is 0. The smallest absolute Gasteiger partial charge is 0.150 e. The van der Waals surface area contributed by atoms with Crippen LogP contribution < -0.4 is 0 Å². The molecule has 0 atom stereocenters. The van der Waals surface area contributed by atoms with Gasteiger partial charge in [-0.15, -0.1) is 0 Å². The van der Waals surface area contributed by atoms with Crippen molar-refractivity contribution in [3.8, 4) is 0 Å². The molecule has 0 heterocycles. The average molecular weight is 254 g/mol. The van der Waals surface area contributed by atoms with Crippen molar-refractivity contribution in [1.29, 1.82) is 0 Å². The molecule has 0 amide bonds. The van der Waals surface area contributed by atoms with E-state index in [1.165, 1.54) is 37.7 Å². The van der Waals surface area contributed by atoms with Crippen LogP contribution in [-0.4, -0.2) is 6.29 Å². The van der Waals surface area contributed by atoms with Gasteiger partial charge in [0.2, 0.25) is 0 Å². The van der Waals surface area contributed by atoms with Gasteiger partial charge in [-0.1, -0.05) is 48.5 Å². The first kappa shape index (κ1) is 10.2. The Hall–Kier alpha value is -2.67. The van der Waals surface area contributed by atoms with Crippen LogP contribution in [0.4, 0.5) is 0 Å². The minimum atomic E-state index is 0.812. The summed E-state index contributed by atoms with van der Waals surface area (Å²) < 4.78 is 0. The van der Waals surface area contributed by atoms with E-state index < -0.39 is 0 Å². The molecule has 0 fully saturated rings. The van der Waals surface area contributed by atoms with Crippen molar-refractivity contribution >= 4 is 49.4 Å². The number of fused-ring (bicyclic) bond motifs is 9. The Kier molecular flexibility index (Phi) is 1.65. The summed E-state index contributed by atoms with van der Waals surface area (Å²) in [4.78, 5) is 11.4. The van der Waals surface area contributed by atoms with Crippen LogP contribution >= 0.6 is 0 Å². The van der Waals surface area contributed by atoms with Crippen molar-refractivity contribution < 1.29 is 4.79 Å². The zero-order valence-electron chi connectivity index (χ0n) is 10.7. The molecule has 0 saturated carbocycles. The van der Waals surface area contributed by atoms with Gasteiger partial charge in [0, 0.05) is 10.9 Å². The number of rotatable bonds is 1. The lowest BCUT2D eigenvalue weighted by molar-refractivity contribution is 0.112. The van der Waals surface area contributed by atoms with E-state index in [1.807, 2.05) is 12.1 Å². The third-order valence-corrected chi connectivity index (χ3v) is 4.44. The Morgan fingerprint density at radius 2 is 1.15 bits per heavy atom. The van der Waals surface area contributed by atoms with E-state index in [4.69, 9.17) is 0 Å². The molecule has 0 bridgehead atoms. The largest absolute Gasteiger partial charge is 0.298 e. The zero-order valence-corrected chi connectivity index (χ0v) is 10.7. The van der Waals surface area contributed by atoms with Crippen LogP contribution in [0, 0.1) is 0 Å². The highest BCUT2D eigenvalue weighted by Crippen LogP contribution is 2.47. The predicted octanol–water partition coefficient (Wildman–Crippen LogP) is 4.99. The van der Waals surface area contributed by atoms with E-state index in [1.54, 1.807) is 0 Å². The number of benzene rings is 3. The molecule has 5 aromatic carbocycles. The first-order valence-electron chi connectivity index (χ1n) is 6.76. The fourth-order valence-electron chi connectivity index (χ4n) is 3.58. The quantitative estimate of drug-likeness (QED) is 0.385. The predicted molar refractivity (Wildman–Crippen MR) is 84.2 cm³/mol. The minimum Gasteiger partial charge on any atom is -0.298 e. The van der Waals surface area contributed by atoms with E-state index in [9.17, 15) is 4.79 Å². The Bertz CT molecular complexity index is 1100. The first-order chi connectivity index (χ1) is 9.90. The Morgan fingerprint density at radius 1 is 0.600 bits per heavy atom. The molecular formula is C19H10O. The summed E-state index contributed by atoms with van der Waals surface area (Å²) in [6.07, 6.45) is 0.982. The third kappa shape index (κ3) is 0.958. The summed E-state index contributed by atoms with van der Waals surface area (Å²) in [7, 11) is 0. The second kappa shape index (κ2) is 3.26. The van der Waals surface area contributed by atoms with E-state index in [2.05, 4.69) is 42.5 Å². The van der Waals surface area contributed by atoms with Gasteiger partial charge in [0.25, 0.3) is 0 Å². The van der Waals surface area contributed by atoms with Gasteiger partial charge in [-0.3, -0.25) is 4.79 Å². The third-order valence-electron chi connectivity index (χ3n) is 4.44. The molecule has 5 aromatic rings. The molecule has 92 valence electrons. The van der Waals surface area contributed by atoms with Crippen molar-refractivity contribution in [2.75, 3.05) is 0 Å². The highest BCUT2D eigenvalue weighted by Gasteiger charge is 2.21. The lowest BCUT2D eigenvalue weighted by atomic mass is 9.81. The SMILES string of the molecule is O=Cc1cc2c3ccccc3c2c2c3ccccc3c12. The average Bonchev–Trinajstić information content (AvgIpc) is 2.49. The monoisotopic (exact) mass is 254 g/mol. The fraction of sp³-hybridized carbons (Fsp3) is 0. The van der Waals surface area contributed by atoms with Crippen LogP contribution in [0.15, 0.2) is 54.6 Å². The molecule has 0 aromatic heterocycles. The number of hydrogen-bond acceptors (Lipinski definition) is 1. The number of carbonyl (C=O) groups is 1. The molecule has 0 unspecified atom stereocenters. The van der Waals surface area contributed by atoms with Gasteiger partial charge in [-0.25, -0.2) is 0 Å². The van der Waals surface area contributed by atoms with Crippen LogP contribution in [-0.2, 0) is 0 Å². The maximum Gasteiger partial charge on any atom is 0.150 e. The molecule has 20 heavy (non-hydrogen) atoms. The van der Waals surface area contributed by atoms with Gasteiger partial charge in [-0.05, 0) is 43.8 Å². The molecule has 1 nitrogen and oxygen atoms in total. The summed E-state index contributed by atoms with van der Waals surface area (Å²) in [6, 6.07) is 18.8. The Morgan fingerprint density at radius 3 is 1.80 bits per heavy atom. The van der Waals surface area contributed by atoms with Gasteiger partial charge in [0.05, 0.1) is 0 Å². The van der Waals surface area contributed by atoms with Gasteiger partial charge < -0.3 is 0 Å². The van der Waals surface area contributed by atoms with Gasteiger partial charge in [0.15, 0.2) is 6.29 Å². The topological polar surface area (TPSA) is 17.1 Å². The molecule has 0 aliphatic rings. The van der Waals surface area contributed by atoms with Crippen molar-refractivity contribution in [1.82, 2.24) is 0 Å². The molecule has 0 radical (unpaired) electrons. The van der Waals surface area contributed by atoms with Gasteiger partial charge in [-0.2, -0.15) is 0 Å². The highest BCUT2D eigenvalue weighted by atomic mass is 16.1. The molecule has 0 spiro atoms. The molecule has 0 aliphatic carbocycles. The molecule has 0 aliphatic heterocycles. The number of aldehydes is 1. The highest BCUT2D eigenvalue weighted by molar-refractivity contribution is 6.44. The summed E-state index contributed by atoms with van der Waals surface area (Å²) in [5.41, 5.74) is 0.812. The number of hydrogen-bond donors (Lipinski definition) is 0. The maximum absolute atomic E-state index is 11.4. The summed E-state index contributed by atoms with van der Waals surface area (Å²) >= 11 is 0. The fourth-order valence-corrected chi connectivity index (χ4v) is 3.58.